The molecule has 0 radical (unpaired) electrons. The second-order valence-corrected chi connectivity index (χ2v) is 2.09. The number of allylic oxidation sites excluding steroid dienone is 2. The first-order valence-electron chi connectivity index (χ1n) is 4.33. The Labute approximate surface area is 90.2 Å². The Bertz CT molecular complexity index is 236. The number of rotatable bonds is 2. The van der Waals surface area contributed by atoms with Crippen molar-refractivity contribution in [2.45, 2.75) is 0 Å². The number of hydrogen-bond donors (Lipinski definition) is 1. The standard InChI is InChI=1S/C8H8.C4H6.H5NSi/c1-2-8-6-4-3-5-7-8;1-3-4-2;1-2/h2-7H,1H2;3-4H,1-2H2;1H2,2H3. The molecule has 0 atom stereocenters. The van der Waals surface area contributed by atoms with Crippen LogP contribution in [0, 0.1) is 0 Å². The Balaban J connectivity index is 0. The first-order chi connectivity index (χ1) is 6.85. The van der Waals surface area contributed by atoms with E-state index in [2.05, 4.69) is 25.1 Å². The Morgan fingerprint density at radius 1 is 0.929 bits per heavy atom. The van der Waals surface area contributed by atoms with Crippen LogP contribution in [0.25, 0.3) is 6.08 Å². The minimum absolute atomic E-state index is 0.806. The molecule has 2 N–H and O–H groups in total. The molecule has 2 heteroatoms. The molecule has 0 aromatic heterocycles. The van der Waals surface area contributed by atoms with Crippen molar-refractivity contribution in [3.05, 3.63) is 67.8 Å². The highest BCUT2D eigenvalue weighted by molar-refractivity contribution is 6.02. The molecule has 0 aliphatic rings. The summed E-state index contributed by atoms with van der Waals surface area (Å²) in [6.45, 7) is 10.4. The Kier molecular flexibility index (Phi) is 15.3. The fourth-order valence-corrected chi connectivity index (χ4v) is 0.589. The zero-order valence-electron chi connectivity index (χ0n) is 8.82. The molecule has 76 valence electrons. The first-order valence-corrected chi connectivity index (χ1v) is 5.49. The summed E-state index contributed by atoms with van der Waals surface area (Å²) in [5, 5.41) is 4.64. The van der Waals surface area contributed by atoms with E-state index < -0.39 is 0 Å². The van der Waals surface area contributed by atoms with E-state index in [1.54, 1.807) is 12.2 Å². The van der Waals surface area contributed by atoms with E-state index in [0.717, 1.165) is 10.4 Å². The van der Waals surface area contributed by atoms with E-state index >= 15 is 0 Å². The summed E-state index contributed by atoms with van der Waals surface area (Å²) in [5.74, 6) is 0. The highest BCUT2D eigenvalue weighted by Crippen LogP contribution is 1.97. The molecular weight excluding hydrogens is 186 g/mol. The predicted molar refractivity (Wildman–Crippen MR) is 71.1 cm³/mol. The van der Waals surface area contributed by atoms with Crippen molar-refractivity contribution in [2.24, 2.45) is 5.40 Å². The first kappa shape index (κ1) is 15.1. The molecule has 0 fully saturated rings. The summed E-state index contributed by atoms with van der Waals surface area (Å²) in [6.07, 6.45) is 5.11. The molecule has 0 spiro atoms. The van der Waals surface area contributed by atoms with Gasteiger partial charge in [-0.1, -0.05) is 68.3 Å². The van der Waals surface area contributed by atoms with Gasteiger partial charge in [0.25, 0.3) is 0 Å². The largest absolute Gasteiger partial charge is 0.358 e. The van der Waals surface area contributed by atoms with Gasteiger partial charge in [-0.15, -0.1) is 0 Å². The Hall–Kier alpha value is -1.38. The van der Waals surface area contributed by atoms with E-state index in [0.29, 0.717) is 0 Å². The highest BCUT2D eigenvalue weighted by atomic mass is 28.2. The minimum atomic E-state index is 0.806. The highest BCUT2D eigenvalue weighted by Gasteiger charge is 1.75. The van der Waals surface area contributed by atoms with E-state index in [1.165, 1.54) is 5.56 Å². The van der Waals surface area contributed by atoms with Crippen LogP contribution in [0.5, 0.6) is 0 Å². The maximum Gasteiger partial charge on any atom is 0.0716 e. The SMILES string of the molecule is C=CC=C.C=Cc1ccccc1.N[SiH3]. The quantitative estimate of drug-likeness (QED) is 0.579. The van der Waals surface area contributed by atoms with Crippen LogP contribution in [0.15, 0.2) is 62.2 Å². The lowest BCUT2D eigenvalue weighted by molar-refractivity contribution is 1.67. The molecule has 0 amide bonds. The third kappa shape index (κ3) is 10.6. The van der Waals surface area contributed by atoms with Crippen LogP contribution >= 0.6 is 0 Å². The lowest BCUT2D eigenvalue weighted by atomic mass is 10.2. The van der Waals surface area contributed by atoms with Crippen LogP contribution in [0.4, 0.5) is 0 Å². The van der Waals surface area contributed by atoms with Gasteiger partial charge in [-0.2, -0.15) is 0 Å². The van der Waals surface area contributed by atoms with E-state index in [-0.39, 0.29) is 0 Å². The van der Waals surface area contributed by atoms with Gasteiger partial charge in [0.2, 0.25) is 0 Å². The van der Waals surface area contributed by atoms with E-state index in [1.807, 2.05) is 36.4 Å². The number of hydrogen-bond acceptors (Lipinski definition) is 1. The average Bonchev–Trinajstić information content (AvgIpc) is 2.33. The molecule has 0 bridgehead atoms. The van der Waals surface area contributed by atoms with Crippen LogP contribution < -0.4 is 5.40 Å². The van der Waals surface area contributed by atoms with Crippen molar-refractivity contribution in [1.29, 1.82) is 0 Å². The summed E-state index contributed by atoms with van der Waals surface area (Å²) in [7, 11) is 0.806. The number of benzene rings is 1. The summed E-state index contributed by atoms with van der Waals surface area (Å²) < 4.78 is 0. The topological polar surface area (TPSA) is 26.0 Å². The van der Waals surface area contributed by atoms with Gasteiger partial charge in [-0.25, -0.2) is 0 Å². The lowest BCUT2D eigenvalue weighted by Gasteiger charge is -1.85. The van der Waals surface area contributed by atoms with Gasteiger partial charge in [-0.3, -0.25) is 0 Å². The van der Waals surface area contributed by atoms with Crippen molar-refractivity contribution in [3.63, 3.8) is 0 Å². The van der Waals surface area contributed by atoms with Crippen LogP contribution in [-0.4, -0.2) is 10.4 Å². The molecule has 1 aromatic rings. The van der Waals surface area contributed by atoms with E-state index in [9.17, 15) is 0 Å². The molecule has 0 saturated carbocycles. The molecular formula is C12H19NSi. The molecule has 14 heavy (non-hydrogen) atoms. The predicted octanol–water partition coefficient (Wildman–Crippen LogP) is 1.91. The van der Waals surface area contributed by atoms with Gasteiger partial charge in [0.15, 0.2) is 0 Å². The minimum Gasteiger partial charge on any atom is -0.358 e. The normalized spacial score (nSPS) is 6.93. The smallest absolute Gasteiger partial charge is 0.0716 e. The lowest BCUT2D eigenvalue weighted by Crippen LogP contribution is -1.75. The molecule has 0 aliphatic heterocycles. The van der Waals surface area contributed by atoms with Gasteiger partial charge < -0.3 is 5.40 Å². The van der Waals surface area contributed by atoms with Gasteiger partial charge in [0.1, 0.15) is 0 Å². The molecule has 1 nitrogen and oxygen atoms in total. The van der Waals surface area contributed by atoms with Crippen molar-refractivity contribution in [3.8, 4) is 0 Å². The zero-order chi connectivity index (χ0) is 11.2. The molecule has 0 unspecified atom stereocenters. The monoisotopic (exact) mass is 205 g/mol. The van der Waals surface area contributed by atoms with Crippen LogP contribution in [0.1, 0.15) is 5.56 Å². The van der Waals surface area contributed by atoms with Crippen molar-refractivity contribution in [1.82, 2.24) is 0 Å². The second-order valence-electron chi connectivity index (χ2n) is 2.09. The van der Waals surface area contributed by atoms with Crippen LogP contribution in [0.2, 0.25) is 0 Å². The molecule has 1 aromatic carbocycles. The third-order valence-electron chi connectivity index (χ3n) is 1.20. The van der Waals surface area contributed by atoms with Crippen molar-refractivity contribution < 1.29 is 0 Å². The van der Waals surface area contributed by atoms with Crippen LogP contribution in [0.3, 0.4) is 0 Å². The summed E-state index contributed by atoms with van der Waals surface area (Å²) >= 11 is 0. The molecule has 0 heterocycles. The van der Waals surface area contributed by atoms with Gasteiger partial charge in [-0.05, 0) is 5.56 Å². The summed E-state index contributed by atoms with van der Waals surface area (Å²) in [5.41, 5.74) is 1.17. The van der Waals surface area contributed by atoms with Crippen molar-refractivity contribution >= 4 is 16.5 Å². The maximum absolute atomic E-state index is 4.64. The van der Waals surface area contributed by atoms with Gasteiger partial charge >= 0.3 is 0 Å². The van der Waals surface area contributed by atoms with Crippen LogP contribution in [-0.2, 0) is 0 Å². The fourth-order valence-electron chi connectivity index (χ4n) is 0.589. The second kappa shape index (κ2) is 14.2. The van der Waals surface area contributed by atoms with Gasteiger partial charge in [0.05, 0.1) is 10.4 Å². The molecule has 0 saturated heterocycles. The maximum atomic E-state index is 4.64. The molecule has 0 aliphatic carbocycles. The Morgan fingerprint density at radius 3 is 1.57 bits per heavy atom. The third-order valence-corrected chi connectivity index (χ3v) is 1.20. The van der Waals surface area contributed by atoms with Gasteiger partial charge in [0, 0.05) is 0 Å². The zero-order valence-corrected chi connectivity index (χ0v) is 10.8. The van der Waals surface area contributed by atoms with Crippen molar-refractivity contribution in [2.75, 3.05) is 0 Å². The van der Waals surface area contributed by atoms with E-state index in [4.69, 9.17) is 0 Å². The average molecular weight is 205 g/mol. The summed E-state index contributed by atoms with van der Waals surface area (Å²) in [6, 6.07) is 10.0. The fraction of sp³-hybridized carbons (Fsp3) is 0. The summed E-state index contributed by atoms with van der Waals surface area (Å²) in [4.78, 5) is 0. The number of nitrogens with two attached hydrogens (primary N) is 1. The Morgan fingerprint density at radius 2 is 1.36 bits per heavy atom. The molecule has 1 rings (SSSR count).